The minimum Gasteiger partial charge on any atom is -0.353 e. The largest absolute Gasteiger partial charge is 0.353 e. The Kier molecular flexibility index (Phi) is 4.36. The summed E-state index contributed by atoms with van der Waals surface area (Å²) in [6.45, 7) is 7.60. The van der Waals surface area contributed by atoms with Crippen molar-refractivity contribution in [2.75, 3.05) is 18.4 Å². The van der Waals surface area contributed by atoms with Gasteiger partial charge in [0, 0.05) is 6.42 Å². The highest BCUT2D eigenvalue weighted by atomic mass is 32.1. The van der Waals surface area contributed by atoms with Crippen molar-refractivity contribution in [3.8, 4) is 0 Å². The number of benzene rings is 1. The van der Waals surface area contributed by atoms with Gasteiger partial charge in [0.2, 0.25) is 0 Å². The molecule has 4 rings (SSSR count). The number of carbonyl (C=O) groups excluding carboxylic acids is 1. The predicted molar refractivity (Wildman–Crippen MR) is 103 cm³/mol. The lowest BCUT2D eigenvalue weighted by molar-refractivity contribution is -0.913. The molecule has 1 unspecified atom stereocenters. The summed E-state index contributed by atoms with van der Waals surface area (Å²) in [4.78, 5) is 15.7. The van der Waals surface area contributed by atoms with Crippen molar-refractivity contribution >= 4 is 28.3 Å². The molecule has 0 radical (unpaired) electrons. The van der Waals surface area contributed by atoms with Crippen molar-refractivity contribution in [1.82, 2.24) is 5.32 Å². The molecule has 0 bridgehead atoms. The predicted octanol–water partition coefficient (Wildman–Crippen LogP) is 2.29. The molecule has 0 spiro atoms. The Morgan fingerprint density at radius 3 is 2.88 bits per heavy atom. The molecule has 0 saturated carbocycles. The average Bonchev–Trinajstić information content (AvgIpc) is 3.00. The van der Waals surface area contributed by atoms with Gasteiger partial charge >= 0.3 is 0 Å². The maximum atomic E-state index is 12.8. The molecule has 0 aliphatic carbocycles. The van der Waals surface area contributed by atoms with Gasteiger partial charge in [-0.2, -0.15) is 0 Å². The monoisotopic (exact) mass is 354 g/mol. The molecule has 1 aromatic carbocycles. The van der Waals surface area contributed by atoms with Gasteiger partial charge in [0.25, 0.3) is 5.91 Å². The SMILES string of the molecule is CC[NH+]1CCc2c(sc3c2C(=O)N[C@@H](/C(C)=C/c2ccccc2)N3)C1. The molecule has 3 N–H and O–H groups in total. The number of anilines is 1. The molecular weight excluding hydrogens is 330 g/mol. The van der Waals surface area contributed by atoms with Gasteiger partial charge in [0.1, 0.15) is 17.7 Å². The molecule has 3 heterocycles. The molecule has 4 nitrogen and oxygen atoms in total. The van der Waals surface area contributed by atoms with Gasteiger partial charge in [-0.1, -0.05) is 36.4 Å². The van der Waals surface area contributed by atoms with Crippen LogP contribution in [0.3, 0.4) is 0 Å². The van der Waals surface area contributed by atoms with E-state index in [1.807, 2.05) is 18.2 Å². The molecule has 25 heavy (non-hydrogen) atoms. The molecule has 1 aromatic heterocycles. The van der Waals surface area contributed by atoms with Gasteiger partial charge < -0.3 is 15.5 Å². The van der Waals surface area contributed by atoms with Crippen LogP contribution in [0.25, 0.3) is 6.08 Å². The lowest BCUT2D eigenvalue weighted by Crippen LogP contribution is -3.11. The first-order valence-electron chi connectivity index (χ1n) is 8.94. The molecule has 5 heteroatoms. The summed E-state index contributed by atoms with van der Waals surface area (Å²) in [5, 5.41) is 7.72. The summed E-state index contributed by atoms with van der Waals surface area (Å²) in [6, 6.07) is 10.2. The lowest BCUT2D eigenvalue weighted by Gasteiger charge is -2.27. The van der Waals surface area contributed by atoms with Crippen molar-refractivity contribution in [1.29, 1.82) is 0 Å². The van der Waals surface area contributed by atoms with E-state index in [2.05, 4.69) is 42.7 Å². The van der Waals surface area contributed by atoms with Gasteiger partial charge in [-0.3, -0.25) is 4.79 Å². The Balaban J connectivity index is 1.61. The molecule has 2 atom stereocenters. The van der Waals surface area contributed by atoms with E-state index in [9.17, 15) is 4.79 Å². The maximum Gasteiger partial charge on any atom is 0.256 e. The number of amides is 1. The zero-order valence-corrected chi connectivity index (χ0v) is 15.5. The third-order valence-corrected chi connectivity index (χ3v) is 6.32. The normalized spacial score (nSPS) is 22.6. The van der Waals surface area contributed by atoms with Crippen LogP contribution in [0.15, 0.2) is 35.9 Å². The molecule has 2 aliphatic rings. The Labute approximate surface area is 152 Å². The maximum absolute atomic E-state index is 12.8. The standard InChI is InChI=1S/C20H23N3OS/c1-3-23-10-9-15-16(12-23)25-20-17(15)19(24)21-18(22-20)13(2)11-14-7-5-4-6-8-14/h4-8,11,18,22H,3,9-10,12H2,1-2H3,(H,21,24)/p+1/b13-11+/t18-/m1/s1. The molecule has 0 saturated heterocycles. The quantitative estimate of drug-likeness (QED) is 0.792. The number of rotatable bonds is 3. The van der Waals surface area contributed by atoms with Crippen molar-refractivity contribution in [3.63, 3.8) is 0 Å². The first kappa shape index (κ1) is 16.4. The molecule has 2 aromatic rings. The summed E-state index contributed by atoms with van der Waals surface area (Å²) in [5.74, 6) is 0.0667. The molecule has 0 fully saturated rings. The van der Waals surface area contributed by atoms with Crippen LogP contribution >= 0.6 is 11.3 Å². The summed E-state index contributed by atoms with van der Waals surface area (Å²) in [7, 11) is 0. The Morgan fingerprint density at radius 1 is 1.32 bits per heavy atom. The number of hydrogen-bond acceptors (Lipinski definition) is 3. The van der Waals surface area contributed by atoms with E-state index in [0.29, 0.717) is 0 Å². The lowest BCUT2D eigenvalue weighted by atomic mass is 10.00. The minimum absolute atomic E-state index is 0.0667. The van der Waals surface area contributed by atoms with Crippen LogP contribution in [0.1, 0.15) is 40.2 Å². The number of nitrogens with one attached hydrogen (secondary N) is 3. The van der Waals surface area contributed by atoms with E-state index in [1.54, 1.807) is 16.2 Å². The number of hydrogen-bond donors (Lipinski definition) is 3. The van der Waals surface area contributed by atoms with Crippen LogP contribution in [0, 0.1) is 0 Å². The van der Waals surface area contributed by atoms with Crippen LogP contribution in [0.5, 0.6) is 0 Å². The van der Waals surface area contributed by atoms with Crippen molar-refractivity contribution in [2.45, 2.75) is 33.0 Å². The van der Waals surface area contributed by atoms with Crippen LogP contribution in [-0.4, -0.2) is 25.2 Å². The molecular formula is C20H24N3OS+. The van der Waals surface area contributed by atoms with Gasteiger partial charge in [0.15, 0.2) is 0 Å². The fraction of sp³-hybridized carbons (Fsp3) is 0.350. The summed E-state index contributed by atoms with van der Waals surface area (Å²) in [6.07, 6.45) is 2.98. The number of fused-ring (bicyclic) bond motifs is 3. The van der Waals surface area contributed by atoms with Crippen LogP contribution < -0.4 is 15.5 Å². The van der Waals surface area contributed by atoms with E-state index in [1.165, 1.54) is 10.4 Å². The van der Waals surface area contributed by atoms with Gasteiger partial charge in [-0.25, -0.2) is 0 Å². The summed E-state index contributed by atoms with van der Waals surface area (Å²) in [5.41, 5.74) is 4.41. The summed E-state index contributed by atoms with van der Waals surface area (Å²) >= 11 is 1.77. The van der Waals surface area contributed by atoms with E-state index in [-0.39, 0.29) is 12.1 Å². The Bertz CT molecular complexity index is 825. The third-order valence-electron chi connectivity index (χ3n) is 5.16. The second-order valence-corrected chi connectivity index (χ2v) is 7.94. The first-order valence-corrected chi connectivity index (χ1v) is 9.76. The number of likely N-dealkylation sites (N-methyl/N-ethyl adjacent to an activating group) is 1. The molecule has 1 amide bonds. The Hall–Kier alpha value is -2.11. The highest BCUT2D eigenvalue weighted by Crippen LogP contribution is 2.37. The van der Waals surface area contributed by atoms with Crippen LogP contribution in [-0.2, 0) is 13.0 Å². The molecule has 2 aliphatic heterocycles. The number of carbonyl (C=O) groups is 1. The second-order valence-electron chi connectivity index (χ2n) is 6.84. The highest BCUT2D eigenvalue weighted by molar-refractivity contribution is 7.16. The van der Waals surface area contributed by atoms with Gasteiger partial charge in [0.05, 0.1) is 23.5 Å². The Morgan fingerprint density at radius 2 is 2.12 bits per heavy atom. The van der Waals surface area contributed by atoms with Crippen molar-refractivity contribution in [3.05, 3.63) is 57.5 Å². The third kappa shape index (κ3) is 3.10. The highest BCUT2D eigenvalue weighted by Gasteiger charge is 2.34. The smallest absolute Gasteiger partial charge is 0.256 e. The van der Waals surface area contributed by atoms with Crippen molar-refractivity contribution < 1.29 is 9.69 Å². The van der Waals surface area contributed by atoms with Gasteiger partial charge in [-0.15, -0.1) is 11.3 Å². The van der Waals surface area contributed by atoms with Crippen LogP contribution in [0.2, 0.25) is 0 Å². The van der Waals surface area contributed by atoms with Crippen molar-refractivity contribution in [2.24, 2.45) is 0 Å². The van der Waals surface area contributed by atoms with E-state index in [4.69, 9.17) is 0 Å². The van der Waals surface area contributed by atoms with Gasteiger partial charge in [-0.05, 0) is 30.5 Å². The zero-order chi connectivity index (χ0) is 17.4. The van der Waals surface area contributed by atoms with Crippen LogP contribution in [0.4, 0.5) is 5.00 Å². The van der Waals surface area contributed by atoms with E-state index >= 15 is 0 Å². The fourth-order valence-corrected chi connectivity index (χ4v) is 5.02. The molecule has 130 valence electrons. The zero-order valence-electron chi connectivity index (χ0n) is 14.7. The first-order chi connectivity index (χ1) is 12.2. The number of quaternary nitrogens is 1. The van der Waals surface area contributed by atoms with E-state index in [0.717, 1.165) is 47.8 Å². The van der Waals surface area contributed by atoms with E-state index < -0.39 is 0 Å². The fourth-order valence-electron chi connectivity index (χ4n) is 3.67. The second kappa shape index (κ2) is 6.65. The minimum atomic E-state index is -0.144. The topological polar surface area (TPSA) is 45.6 Å². The number of thiophene rings is 1. The summed E-state index contributed by atoms with van der Waals surface area (Å²) < 4.78 is 0. The average molecular weight is 354 g/mol.